The Bertz CT molecular complexity index is 749. The molecule has 144 valence electrons. The summed E-state index contributed by atoms with van der Waals surface area (Å²) < 4.78 is 11.4. The molecule has 1 saturated carbocycles. The summed E-state index contributed by atoms with van der Waals surface area (Å²) in [6.45, 7) is 2.95. The van der Waals surface area contributed by atoms with Crippen molar-refractivity contribution in [3.8, 4) is 17.4 Å². The number of nitrogens with two attached hydrogens (primary N) is 1. The quantitative estimate of drug-likeness (QED) is 0.781. The lowest BCUT2D eigenvalue weighted by Crippen LogP contribution is -2.37. The predicted molar refractivity (Wildman–Crippen MR) is 104 cm³/mol. The van der Waals surface area contributed by atoms with Crippen LogP contribution in [0.5, 0.6) is 17.4 Å². The van der Waals surface area contributed by atoms with Gasteiger partial charge in [0.05, 0.1) is 6.61 Å². The van der Waals surface area contributed by atoms with E-state index < -0.39 is 0 Å². The molecule has 1 fully saturated rings. The number of benzene rings is 1. The molecule has 1 heterocycles. The second kappa shape index (κ2) is 9.37. The van der Waals surface area contributed by atoms with Crippen LogP contribution in [0.15, 0.2) is 42.6 Å². The largest absolute Gasteiger partial charge is 0.490 e. The van der Waals surface area contributed by atoms with Gasteiger partial charge < -0.3 is 20.5 Å². The first kappa shape index (κ1) is 19.2. The van der Waals surface area contributed by atoms with E-state index in [2.05, 4.69) is 10.3 Å². The summed E-state index contributed by atoms with van der Waals surface area (Å²) in [5, 5.41) is 2.99. The molecule has 2 atom stereocenters. The second-order valence-electron chi connectivity index (χ2n) is 6.83. The molecule has 0 aliphatic heterocycles. The van der Waals surface area contributed by atoms with Gasteiger partial charge in [-0.3, -0.25) is 4.79 Å². The van der Waals surface area contributed by atoms with Crippen molar-refractivity contribution in [1.29, 1.82) is 0 Å². The highest BCUT2D eigenvalue weighted by Crippen LogP contribution is 2.30. The highest BCUT2D eigenvalue weighted by molar-refractivity contribution is 5.78. The number of amides is 1. The molecule has 1 aliphatic rings. The van der Waals surface area contributed by atoms with Gasteiger partial charge in [0.25, 0.3) is 0 Å². The standard InChI is InChI=1S/C21H27N3O3/c1-2-26-18-8-3-4-9-19(18)27-20-11-10-15(13-23-20)14-24-21(25)16-6-5-7-17(22)12-16/h3-4,8-11,13,16-17H,2,5-7,12,14,22H2,1H3,(H,24,25). The van der Waals surface area contributed by atoms with Crippen LogP contribution in [0.25, 0.3) is 0 Å². The summed E-state index contributed by atoms with van der Waals surface area (Å²) in [5.41, 5.74) is 6.89. The van der Waals surface area contributed by atoms with Crippen molar-refractivity contribution in [1.82, 2.24) is 10.3 Å². The number of aromatic nitrogens is 1. The van der Waals surface area contributed by atoms with Crippen LogP contribution in [0.4, 0.5) is 0 Å². The third-order valence-electron chi connectivity index (χ3n) is 4.71. The van der Waals surface area contributed by atoms with Crippen LogP contribution >= 0.6 is 0 Å². The molecular formula is C21H27N3O3. The zero-order valence-electron chi connectivity index (χ0n) is 15.7. The Morgan fingerprint density at radius 3 is 2.74 bits per heavy atom. The summed E-state index contributed by atoms with van der Waals surface area (Å²) >= 11 is 0. The summed E-state index contributed by atoms with van der Waals surface area (Å²) in [6.07, 6.45) is 5.45. The third kappa shape index (κ3) is 5.44. The second-order valence-corrected chi connectivity index (χ2v) is 6.83. The molecule has 6 heteroatoms. The Morgan fingerprint density at radius 2 is 2.04 bits per heavy atom. The van der Waals surface area contributed by atoms with Gasteiger partial charge in [-0.1, -0.05) is 24.6 Å². The maximum absolute atomic E-state index is 12.3. The van der Waals surface area contributed by atoms with Crippen LogP contribution in [0.3, 0.4) is 0 Å². The fourth-order valence-corrected chi connectivity index (χ4v) is 3.30. The molecule has 1 aromatic carbocycles. The number of pyridine rings is 1. The van der Waals surface area contributed by atoms with Crippen LogP contribution in [0.1, 0.15) is 38.2 Å². The van der Waals surface area contributed by atoms with Gasteiger partial charge in [-0.2, -0.15) is 0 Å². The maximum atomic E-state index is 12.3. The minimum Gasteiger partial charge on any atom is -0.490 e. The molecule has 6 nitrogen and oxygen atoms in total. The first-order valence-corrected chi connectivity index (χ1v) is 9.53. The van der Waals surface area contributed by atoms with E-state index >= 15 is 0 Å². The van der Waals surface area contributed by atoms with Crippen LogP contribution in [0.2, 0.25) is 0 Å². The van der Waals surface area contributed by atoms with Crippen molar-refractivity contribution >= 4 is 5.91 Å². The molecule has 27 heavy (non-hydrogen) atoms. The molecule has 0 saturated heterocycles. The van der Waals surface area contributed by atoms with E-state index in [1.165, 1.54) is 0 Å². The van der Waals surface area contributed by atoms with Crippen LogP contribution in [0, 0.1) is 5.92 Å². The molecular weight excluding hydrogens is 342 g/mol. The van der Waals surface area contributed by atoms with Gasteiger partial charge >= 0.3 is 0 Å². The Labute approximate surface area is 160 Å². The van der Waals surface area contributed by atoms with E-state index in [1.807, 2.05) is 37.3 Å². The van der Waals surface area contributed by atoms with Gasteiger partial charge in [0.2, 0.25) is 11.8 Å². The fourth-order valence-electron chi connectivity index (χ4n) is 3.30. The van der Waals surface area contributed by atoms with E-state index in [0.29, 0.717) is 30.5 Å². The van der Waals surface area contributed by atoms with E-state index in [1.54, 1.807) is 12.3 Å². The summed E-state index contributed by atoms with van der Waals surface area (Å²) in [6, 6.07) is 11.3. The monoisotopic (exact) mass is 369 g/mol. The zero-order valence-corrected chi connectivity index (χ0v) is 15.7. The van der Waals surface area contributed by atoms with Gasteiger partial charge in [-0.15, -0.1) is 0 Å². The van der Waals surface area contributed by atoms with E-state index in [4.69, 9.17) is 15.2 Å². The Balaban J connectivity index is 1.54. The van der Waals surface area contributed by atoms with Gasteiger partial charge in [0.1, 0.15) is 0 Å². The normalized spacial score (nSPS) is 19.3. The molecule has 3 rings (SSSR count). The number of carbonyl (C=O) groups excluding carboxylic acids is 1. The van der Waals surface area contributed by atoms with Gasteiger partial charge in [0.15, 0.2) is 11.5 Å². The van der Waals surface area contributed by atoms with Crippen molar-refractivity contribution in [2.75, 3.05) is 6.61 Å². The zero-order chi connectivity index (χ0) is 19.1. The SMILES string of the molecule is CCOc1ccccc1Oc1ccc(CNC(=O)C2CCCC(N)C2)cn1. The minimum absolute atomic E-state index is 0.0272. The minimum atomic E-state index is 0.0272. The lowest BCUT2D eigenvalue weighted by atomic mass is 9.85. The van der Waals surface area contributed by atoms with E-state index in [9.17, 15) is 4.79 Å². The average Bonchev–Trinajstić information content (AvgIpc) is 2.69. The number of rotatable bonds is 7. The topological polar surface area (TPSA) is 86.5 Å². The molecule has 3 N–H and O–H groups in total. The lowest BCUT2D eigenvalue weighted by Gasteiger charge is -2.25. The smallest absolute Gasteiger partial charge is 0.223 e. The number of nitrogens with one attached hydrogen (secondary N) is 1. The first-order valence-electron chi connectivity index (χ1n) is 9.53. The molecule has 2 aromatic rings. The van der Waals surface area contributed by atoms with Crippen molar-refractivity contribution in [2.24, 2.45) is 11.7 Å². The summed E-state index contributed by atoms with van der Waals surface area (Å²) in [4.78, 5) is 16.6. The number of carbonyl (C=O) groups is 1. The van der Waals surface area contributed by atoms with Crippen molar-refractivity contribution in [3.05, 3.63) is 48.2 Å². The average molecular weight is 369 g/mol. The van der Waals surface area contributed by atoms with Gasteiger partial charge in [0, 0.05) is 30.8 Å². The Hall–Kier alpha value is -2.60. The summed E-state index contributed by atoms with van der Waals surface area (Å²) in [5.74, 6) is 1.90. The first-order chi connectivity index (χ1) is 13.2. The highest BCUT2D eigenvalue weighted by Gasteiger charge is 2.24. The Morgan fingerprint density at radius 1 is 1.22 bits per heavy atom. The molecule has 0 radical (unpaired) electrons. The molecule has 1 aliphatic carbocycles. The van der Waals surface area contributed by atoms with Crippen molar-refractivity contribution in [3.63, 3.8) is 0 Å². The molecule has 1 amide bonds. The van der Waals surface area contributed by atoms with Gasteiger partial charge in [-0.25, -0.2) is 4.98 Å². The molecule has 2 unspecified atom stereocenters. The Kier molecular flexibility index (Phi) is 6.65. The number of hydrogen-bond acceptors (Lipinski definition) is 5. The van der Waals surface area contributed by atoms with Crippen LogP contribution < -0.4 is 20.5 Å². The lowest BCUT2D eigenvalue weighted by molar-refractivity contribution is -0.126. The number of para-hydroxylation sites is 2. The fraction of sp³-hybridized carbons (Fsp3) is 0.429. The number of ether oxygens (including phenoxy) is 2. The van der Waals surface area contributed by atoms with E-state index in [-0.39, 0.29) is 17.9 Å². The molecule has 1 aromatic heterocycles. The maximum Gasteiger partial charge on any atom is 0.223 e. The van der Waals surface area contributed by atoms with Crippen molar-refractivity contribution in [2.45, 2.75) is 45.2 Å². The predicted octanol–water partition coefficient (Wildman–Crippen LogP) is 3.41. The number of nitrogens with zero attached hydrogens (tertiary/aromatic N) is 1. The van der Waals surface area contributed by atoms with E-state index in [0.717, 1.165) is 31.2 Å². The summed E-state index contributed by atoms with van der Waals surface area (Å²) in [7, 11) is 0. The third-order valence-corrected chi connectivity index (χ3v) is 4.71. The molecule has 0 spiro atoms. The van der Waals surface area contributed by atoms with Crippen LogP contribution in [-0.2, 0) is 11.3 Å². The van der Waals surface area contributed by atoms with Crippen LogP contribution in [-0.4, -0.2) is 23.5 Å². The molecule has 0 bridgehead atoms. The number of hydrogen-bond donors (Lipinski definition) is 2. The van der Waals surface area contributed by atoms with Gasteiger partial charge in [-0.05, 0) is 43.9 Å². The van der Waals surface area contributed by atoms with Crippen molar-refractivity contribution < 1.29 is 14.3 Å². The highest BCUT2D eigenvalue weighted by atomic mass is 16.5.